The van der Waals surface area contributed by atoms with Crippen molar-refractivity contribution in [2.45, 2.75) is 64.2 Å². The topological polar surface area (TPSA) is 61.8 Å². The molecule has 0 bridgehead atoms. The number of carbonyl (C=O) groups excluding carboxylic acids is 2. The van der Waals surface area contributed by atoms with Crippen LogP contribution in [0.25, 0.3) is 0 Å². The lowest BCUT2D eigenvalue weighted by molar-refractivity contribution is -0.145. The van der Waals surface area contributed by atoms with Crippen molar-refractivity contribution in [2.24, 2.45) is 0 Å². The third-order valence-electron chi connectivity index (χ3n) is 4.44. The highest BCUT2D eigenvalue weighted by molar-refractivity contribution is 5.72. The van der Waals surface area contributed by atoms with Crippen LogP contribution in [-0.2, 0) is 23.8 Å². The Bertz CT molecular complexity index is 515. The van der Waals surface area contributed by atoms with Crippen LogP contribution in [0.5, 0.6) is 0 Å². The Morgan fingerprint density at radius 2 is 1.48 bits per heavy atom. The summed E-state index contributed by atoms with van der Waals surface area (Å²) in [6.07, 6.45) is 5.70. The van der Waals surface area contributed by atoms with Gasteiger partial charge in [0, 0.05) is 26.6 Å². The number of unbranched alkanes of at least 4 members (excludes halogenated alkanes) is 2. The molecule has 0 saturated heterocycles. The van der Waals surface area contributed by atoms with Crippen molar-refractivity contribution < 1.29 is 23.8 Å². The van der Waals surface area contributed by atoms with E-state index >= 15 is 0 Å². The Morgan fingerprint density at radius 1 is 0.852 bits per heavy atom. The summed E-state index contributed by atoms with van der Waals surface area (Å²) in [6, 6.07) is 10.2. The highest BCUT2D eigenvalue weighted by Crippen LogP contribution is 2.23. The molecule has 0 N–H and O–H groups in total. The molecule has 27 heavy (non-hydrogen) atoms. The minimum absolute atomic E-state index is 0.234. The predicted molar refractivity (Wildman–Crippen MR) is 106 cm³/mol. The lowest BCUT2D eigenvalue weighted by Gasteiger charge is -2.17. The van der Waals surface area contributed by atoms with Gasteiger partial charge in [-0.3, -0.25) is 9.59 Å². The predicted octanol–water partition coefficient (Wildman–Crippen LogP) is 4.64. The molecule has 1 atom stereocenters. The number of benzene rings is 1. The minimum atomic E-state index is -0.257. The van der Waals surface area contributed by atoms with Crippen molar-refractivity contribution in [3.8, 4) is 0 Å². The van der Waals surface area contributed by atoms with E-state index in [9.17, 15) is 9.59 Å². The summed E-state index contributed by atoms with van der Waals surface area (Å²) in [6.45, 7) is 3.63. The maximum absolute atomic E-state index is 11.9. The van der Waals surface area contributed by atoms with Crippen LogP contribution in [0.2, 0.25) is 0 Å². The van der Waals surface area contributed by atoms with E-state index < -0.39 is 0 Å². The minimum Gasteiger partial charge on any atom is -0.466 e. The first kappa shape index (κ1) is 23.2. The SMILES string of the molecule is CCCCCOC(=O)CCCC(=O)OCCC(CCOC)c1ccccc1. The maximum atomic E-state index is 11.9. The fourth-order valence-electron chi connectivity index (χ4n) is 2.84. The van der Waals surface area contributed by atoms with E-state index in [0.29, 0.717) is 32.2 Å². The standard InChI is InChI=1S/C22H34O5/c1-3-4-8-16-26-21(23)12-9-13-22(24)27-18-15-20(14-17-25-2)19-10-6-5-7-11-19/h5-7,10-11,20H,3-4,8-9,12-18H2,1-2H3. The molecule has 0 fully saturated rings. The summed E-state index contributed by atoms with van der Waals surface area (Å²) in [5.74, 6) is -0.188. The van der Waals surface area contributed by atoms with Crippen LogP contribution < -0.4 is 0 Å². The van der Waals surface area contributed by atoms with E-state index in [2.05, 4.69) is 19.1 Å². The number of methoxy groups -OCH3 is 1. The first-order valence-electron chi connectivity index (χ1n) is 10.0. The molecular formula is C22H34O5. The van der Waals surface area contributed by atoms with Crippen molar-refractivity contribution in [1.29, 1.82) is 0 Å². The Morgan fingerprint density at radius 3 is 2.11 bits per heavy atom. The summed E-state index contributed by atoms with van der Waals surface area (Å²) in [5.41, 5.74) is 1.23. The van der Waals surface area contributed by atoms with Crippen LogP contribution in [0, 0.1) is 0 Å². The first-order valence-corrected chi connectivity index (χ1v) is 10.0. The molecule has 0 spiro atoms. The molecule has 0 aliphatic rings. The van der Waals surface area contributed by atoms with Gasteiger partial charge in [-0.05, 0) is 37.2 Å². The van der Waals surface area contributed by atoms with E-state index in [1.165, 1.54) is 5.56 Å². The number of hydrogen-bond donors (Lipinski definition) is 0. The summed E-state index contributed by atoms with van der Waals surface area (Å²) in [5, 5.41) is 0. The van der Waals surface area contributed by atoms with Crippen molar-refractivity contribution in [2.75, 3.05) is 26.9 Å². The number of ether oxygens (including phenoxy) is 3. The van der Waals surface area contributed by atoms with Gasteiger partial charge in [-0.1, -0.05) is 50.1 Å². The summed E-state index contributed by atoms with van der Waals surface area (Å²) >= 11 is 0. The van der Waals surface area contributed by atoms with Gasteiger partial charge in [-0.15, -0.1) is 0 Å². The zero-order valence-electron chi connectivity index (χ0n) is 16.8. The number of hydrogen-bond acceptors (Lipinski definition) is 5. The Hall–Kier alpha value is -1.88. The van der Waals surface area contributed by atoms with Crippen LogP contribution >= 0.6 is 0 Å². The Kier molecular flexibility index (Phi) is 13.0. The average Bonchev–Trinajstić information content (AvgIpc) is 2.68. The number of rotatable bonds is 15. The molecule has 0 aromatic heterocycles. The highest BCUT2D eigenvalue weighted by Gasteiger charge is 2.13. The molecule has 0 radical (unpaired) electrons. The van der Waals surface area contributed by atoms with Crippen LogP contribution in [-0.4, -0.2) is 38.9 Å². The van der Waals surface area contributed by atoms with E-state index in [1.54, 1.807) is 7.11 Å². The molecule has 0 amide bonds. The normalized spacial score (nSPS) is 11.8. The van der Waals surface area contributed by atoms with E-state index in [0.717, 1.165) is 32.1 Å². The third-order valence-corrected chi connectivity index (χ3v) is 4.44. The molecule has 1 aromatic carbocycles. The van der Waals surface area contributed by atoms with Gasteiger partial charge in [0.15, 0.2) is 0 Å². The van der Waals surface area contributed by atoms with Gasteiger partial charge < -0.3 is 14.2 Å². The third kappa shape index (κ3) is 11.4. The largest absolute Gasteiger partial charge is 0.466 e. The van der Waals surface area contributed by atoms with Crippen LogP contribution in [0.4, 0.5) is 0 Å². The van der Waals surface area contributed by atoms with Gasteiger partial charge in [0.1, 0.15) is 0 Å². The molecule has 152 valence electrons. The smallest absolute Gasteiger partial charge is 0.305 e. The molecule has 1 unspecified atom stereocenters. The summed E-state index contributed by atoms with van der Waals surface area (Å²) in [7, 11) is 1.69. The van der Waals surface area contributed by atoms with Gasteiger partial charge >= 0.3 is 11.9 Å². The van der Waals surface area contributed by atoms with Crippen molar-refractivity contribution >= 4 is 11.9 Å². The fraction of sp³-hybridized carbons (Fsp3) is 0.636. The second-order valence-corrected chi connectivity index (χ2v) is 6.68. The zero-order chi connectivity index (χ0) is 19.7. The van der Waals surface area contributed by atoms with Crippen LogP contribution in [0.15, 0.2) is 30.3 Å². The summed E-state index contributed by atoms with van der Waals surface area (Å²) in [4.78, 5) is 23.4. The van der Waals surface area contributed by atoms with Crippen LogP contribution in [0.3, 0.4) is 0 Å². The number of esters is 2. The van der Waals surface area contributed by atoms with E-state index in [-0.39, 0.29) is 24.8 Å². The van der Waals surface area contributed by atoms with Gasteiger partial charge in [-0.2, -0.15) is 0 Å². The van der Waals surface area contributed by atoms with Gasteiger partial charge in [-0.25, -0.2) is 0 Å². The molecular weight excluding hydrogens is 344 g/mol. The number of carbonyl (C=O) groups is 2. The Balaban J connectivity index is 2.19. The molecule has 0 heterocycles. The van der Waals surface area contributed by atoms with Crippen molar-refractivity contribution in [3.05, 3.63) is 35.9 Å². The van der Waals surface area contributed by atoms with Crippen molar-refractivity contribution in [3.63, 3.8) is 0 Å². The molecule has 0 saturated carbocycles. The molecule has 5 nitrogen and oxygen atoms in total. The molecule has 5 heteroatoms. The van der Waals surface area contributed by atoms with E-state index in [1.807, 2.05) is 18.2 Å². The highest BCUT2D eigenvalue weighted by atomic mass is 16.5. The molecule has 1 rings (SSSR count). The lowest BCUT2D eigenvalue weighted by atomic mass is 9.93. The quantitative estimate of drug-likeness (QED) is 0.328. The monoisotopic (exact) mass is 378 g/mol. The first-order chi connectivity index (χ1) is 13.2. The fourth-order valence-corrected chi connectivity index (χ4v) is 2.84. The second-order valence-electron chi connectivity index (χ2n) is 6.68. The Labute approximate surface area is 163 Å². The lowest BCUT2D eigenvalue weighted by Crippen LogP contribution is -2.12. The molecule has 0 aliphatic carbocycles. The maximum Gasteiger partial charge on any atom is 0.305 e. The van der Waals surface area contributed by atoms with Gasteiger partial charge in [0.25, 0.3) is 0 Å². The second kappa shape index (κ2) is 15.2. The molecule has 1 aromatic rings. The summed E-state index contributed by atoms with van der Waals surface area (Å²) < 4.78 is 15.6. The van der Waals surface area contributed by atoms with E-state index in [4.69, 9.17) is 14.2 Å². The zero-order valence-corrected chi connectivity index (χ0v) is 16.8. The van der Waals surface area contributed by atoms with Crippen LogP contribution in [0.1, 0.15) is 69.8 Å². The van der Waals surface area contributed by atoms with Gasteiger partial charge in [0.2, 0.25) is 0 Å². The van der Waals surface area contributed by atoms with Crippen molar-refractivity contribution in [1.82, 2.24) is 0 Å². The average molecular weight is 379 g/mol. The molecule has 0 aliphatic heterocycles. The van der Waals surface area contributed by atoms with Gasteiger partial charge in [0.05, 0.1) is 13.2 Å².